The summed E-state index contributed by atoms with van der Waals surface area (Å²) in [5.41, 5.74) is 9.96. The predicted molar refractivity (Wildman–Crippen MR) is 197 cm³/mol. The van der Waals surface area contributed by atoms with E-state index in [2.05, 4.69) is 167 Å². The molecule has 0 aliphatic carbocycles. The monoisotopic (exact) mass is 577 g/mol. The first kappa shape index (κ1) is 33.6. The quantitative estimate of drug-likeness (QED) is 0.177. The third-order valence-electron chi connectivity index (χ3n) is 7.11. The standard InChI is InChI=1S/C33H29N.C8H12.C2H6/c1-24(2)30-13-7-8-14-32(30)31(21-18-26-11-5-4-10-25(26)3)27-16-19-29(20-17-27)34-23-22-28-12-6-9-15-33(28)34;1-4-5-6-7-8(2)3;1-2/h4-23H,1-3H3;4-7H,1H2,2-3H3;1-2H3/b21-18+,32-31+;6-5-;. The molecule has 1 nitrogen and oxygen atoms in total. The van der Waals surface area contributed by atoms with Gasteiger partial charge >= 0.3 is 0 Å². The summed E-state index contributed by atoms with van der Waals surface area (Å²) in [6.07, 6.45) is 14.3. The zero-order valence-corrected chi connectivity index (χ0v) is 27.5. The van der Waals surface area contributed by atoms with Crippen LogP contribution in [0, 0.1) is 6.92 Å². The number of hydrogen-bond acceptors (Lipinski definition) is 0. The van der Waals surface area contributed by atoms with Gasteiger partial charge in [0.1, 0.15) is 0 Å². The molecular weight excluding hydrogens is 530 g/mol. The predicted octanol–water partition coefficient (Wildman–Crippen LogP) is 10.8. The number of aryl methyl sites for hydroxylation is 1. The molecule has 1 heteroatoms. The third kappa shape index (κ3) is 9.06. The summed E-state index contributed by atoms with van der Waals surface area (Å²) >= 11 is 0. The molecule has 44 heavy (non-hydrogen) atoms. The molecule has 5 aromatic rings. The smallest absolute Gasteiger partial charge is 0.0528 e. The molecule has 0 bridgehead atoms. The average molecular weight is 578 g/mol. The second kappa shape index (κ2) is 17.3. The highest BCUT2D eigenvalue weighted by Gasteiger charge is 2.06. The van der Waals surface area contributed by atoms with E-state index in [4.69, 9.17) is 0 Å². The highest BCUT2D eigenvalue weighted by Crippen LogP contribution is 2.23. The van der Waals surface area contributed by atoms with Crippen LogP contribution in [0.2, 0.25) is 0 Å². The molecule has 0 fully saturated rings. The number of benzene rings is 4. The van der Waals surface area contributed by atoms with Crippen LogP contribution in [-0.4, -0.2) is 4.57 Å². The van der Waals surface area contributed by atoms with Crippen molar-refractivity contribution in [3.63, 3.8) is 0 Å². The fraction of sp³-hybridized carbons (Fsp3) is 0.163. The van der Waals surface area contributed by atoms with E-state index in [0.717, 1.165) is 0 Å². The summed E-state index contributed by atoms with van der Waals surface area (Å²) in [5.74, 6) is 0. The van der Waals surface area contributed by atoms with Gasteiger partial charge in [0.25, 0.3) is 0 Å². The van der Waals surface area contributed by atoms with Crippen LogP contribution in [0.25, 0.3) is 33.8 Å². The van der Waals surface area contributed by atoms with Gasteiger partial charge < -0.3 is 4.57 Å². The Morgan fingerprint density at radius 2 is 1.32 bits per heavy atom. The Morgan fingerprint density at radius 3 is 1.98 bits per heavy atom. The highest BCUT2D eigenvalue weighted by molar-refractivity contribution is 5.83. The van der Waals surface area contributed by atoms with E-state index < -0.39 is 0 Å². The molecule has 0 aliphatic rings. The lowest BCUT2D eigenvalue weighted by Crippen LogP contribution is -2.27. The summed E-state index contributed by atoms with van der Waals surface area (Å²) in [4.78, 5) is 0. The van der Waals surface area contributed by atoms with Crippen LogP contribution in [0.15, 0.2) is 152 Å². The molecule has 0 saturated carbocycles. The molecule has 1 aromatic heterocycles. The van der Waals surface area contributed by atoms with Gasteiger partial charge in [-0.15, -0.1) is 0 Å². The second-order valence-electron chi connectivity index (χ2n) is 10.8. The van der Waals surface area contributed by atoms with Gasteiger partial charge in [0, 0.05) is 11.9 Å². The van der Waals surface area contributed by atoms with Crippen LogP contribution in [-0.2, 0) is 0 Å². The van der Waals surface area contributed by atoms with E-state index in [1.54, 1.807) is 6.08 Å². The fourth-order valence-corrected chi connectivity index (χ4v) is 4.88. The van der Waals surface area contributed by atoms with E-state index in [-0.39, 0.29) is 0 Å². The maximum absolute atomic E-state index is 3.54. The maximum Gasteiger partial charge on any atom is 0.0528 e. The molecular formula is C43H47N. The molecule has 0 aliphatic heterocycles. The van der Waals surface area contributed by atoms with Crippen molar-refractivity contribution >= 4 is 28.1 Å². The maximum atomic E-state index is 3.54. The van der Waals surface area contributed by atoms with Gasteiger partial charge in [-0.25, -0.2) is 0 Å². The summed E-state index contributed by atoms with van der Waals surface area (Å²) in [5, 5.41) is 3.79. The van der Waals surface area contributed by atoms with E-state index in [0.29, 0.717) is 0 Å². The number of aromatic nitrogens is 1. The van der Waals surface area contributed by atoms with Gasteiger partial charge in [-0.05, 0) is 97.0 Å². The Balaban J connectivity index is 0.000000462. The average Bonchev–Trinajstić information content (AvgIpc) is 3.48. The molecule has 0 radical (unpaired) electrons. The summed E-state index contributed by atoms with van der Waals surface area (Å²) in [6.45, 7) is 18.2. The van der Waals surface area contributed by atoms with Gasteiger partial charge in [-0.1, -0.05) is 147 Å². The molecule has 0 N–H and O–H groups in total. The number of nitrogens with zero attached hydrogens (tertiary/aromatic N) is 1. The van der Waals surface area contributed by atoms with Gasteiger partial charge in [-0.3, -0.25) is 0 Å². The minimum Gasteiger partial charge on any atom is -0.317 e. The van der Waals surface area contributed by atoms with Gasteiger partial charge in [0.05, 0.1) is 5.52 Å². The number of rotatable bonds is 6. The van der Waals surface area contributed by atoms with Crippen LogP contribution in [0.5, 0.6) is 0 Å². The van der Waals surface area contributed by atoms with Crippen molar-refractivity contribution in [3.8, 4) is 5.69 Å². The fourth-order valence-electron chi connectivity index (χ4n) is 4.88. The van der Waals surface area contributed by atoms with Crippen LogP contribution < -0.4 is 10.4 Å². The van der Waals surface area contributed by atoms with E-state index >= 15 is 0 Å². The van der Waals surface area contributed by atoms with Crippen molar-refractivity contribution in [1.82, 2.24) is 4.57 Å². The van der Waals surface area contributed by atoms with Crippen molar-refractivity contribution in [1.29, 1.82) is 0 Å². The normalized spacial score (nSPS) is 11.3. The van der Waals surface area contributed by atoms with E-state index in [9.17, 15) is 0 Å². The summed E-state index contributed by atoms with van der Waals surface area (Å²) in [7, 11) is 0. The molecule has 0 saturated heterocycles. The molecule has 0 amide bonds. The van der Waals surface area contributed by atoms with Crippen molar-refractivity contribution in [2.45, 2.75) is 48.5 Å². The topological polar surface area (TPSA) is 4.93 Å². The lowest BCUT2D eigenvalue weighted by Gasteiger charge is -2.10. The van der Waals surface area contributed by atoms with Crippen molar-refractivity contribution in [2.75, 3.05) is 0 Å². The number of para-hydroxylation sites is 1. The zero-order chi connectivity index (χ0) is 31.9. The summed E-state index contributed by atoms with van der Waals surface area (Å²) < 4.78 is 2.25. The van der Waals surface area contributed by atoms with Crippen LogP contribution >= 0.6 is 0 Å². The Labute approximate surface area is 265 Å². The van der Waals surface area contributed by atoms with Crippen LogP contribution in [0.1, 0.15) is 58.2 Å². The largest absolute Gasteiger partial charge is 0.317 e. The first-order valence-corrected chi connectivity index (χ1v) is 15.5. The summed E-state index contributed by atoms with van der Waals surface area (Å²) in [6, 6.07) is 36.8. The minimum absolute atomic E-state index is 1.17. The van der Waals surface area contributed by atoms with Crippen molar-refractivity contribution in [3.05, 3.63) is 179 Å². The minimum atomic E-state index is 1.17. The van der Waals surface area contributed by atoms with Gasteiger partial charge in [-0.2, -0.15) is 0 Å². The van der Waals surface area contributed by atoms with E-state index in [1.807, 2.05) is 32.1 Å². The SMILES string of the molecule is C=C/C=C\C=C(C)C.CC.CC(C)=c1cccc/c1=C(/C=C/c1ccccc1C)c1ccc(-n2ccc3ccccc32)cc1. The number of allylic oxidation sites excluding steroid dienone is 6. The van der Waals surface area contributed by atoms with Crippen LogP contribution in [0.4, 0.5) is 0 Å². The molecule has 0 unspecified atom stereocenters. The van der Waals surface area contributed by atoms with Crippen LogP contribution in [0.3, 0.4) is 0 Å². The zero-order valence-electron chi connectivity index (χ0n) is 27.5. The number of hydrogen-bond donors (Lipinski definition) is 0. The van der Waals surface area contributed by atoms with Crippen molar-refractivity contribution in [2.24, 2.45) is 0 Å². The van der Waals surface area contributed by atoms with Gasteiger partial charge in [0.2, 0.25) is 0 Å². The molecule has 0 atom stereocenters. The first-order valence-electron chi connectivity index (χ1n) is 15.5. The lowest BCUT2D eigenvalue weighted by atomic mass is 9.98. The molecule has 4 aromatic carbocycles. The first-order chi connectivity index (χ1) is 21.4. The lowest BCUT2D eigenvalue weighted by molar-refractivity contribution is 1.13. The third-order valence-corrected chi connectivity index (χ3v) is 7.11. The Hall–Kier alpha value is -4.88. The van der Waals surface area contributed by atoms with E-state index in [1.165, 1.54) is 60.4 Å². The Kier molecular flexibility index (Phi) is 13.2. The van der Waals surface area contributed by atoms with Crippen molar-refractivity contribution < 1.29 is 0 Å². The number of fused-ring (bicyclic) bond motifs is 1. The molecule has 0 spiro atoms. The van der Waals surface area contributed by atoms with Gasteiger partial charge in [0.15, 0.2) is 0 Å². The molecule has 224 valence electrons. The Bertz CT molecular complexity index is 1860. The Morgan fingerprint density at radius 1 is 0.682 bits per heavy atom. The highest BCUT2D eigenvalue weighted by atomic mass is 15.0. The second-order valence-corrected chi connectivity index (χ2v) is 10.8. The molecule has 1 heterocycles. The molecule has 5 rings (SSSR count).